The van der Waals surface area contributed by atoms with E-state index in [9.17, 15) is 9.59 Å². The summed E-state index contributed by atoms with van der Waals surface area (Å²) in [5.74, 6) is -0.0901. The molecule has 0 aromatic heterocycles. The Bertz CT molecular complexity index is 608. The van der Waals surface area contributed by atoms with Gasteiger partial charge in [0.1, 0.15) is 12.1 Å². The van der Waals surface area contributed by atoms with Crippen molar-refractivity contribution < 1.29 is 14.3 Å². The average Bonchev–Trinajstić information content (AvgIpc) is 2.59. The van der Waals surface area contributed by atoms with Gasteiger partial charge in [-0.3, -0.25) is 9.69 Å². The highest BCUT2D eigenvalue weighted by Gasteiger charge is 2.31. The Morgan fingerprint density at radius 2 is 1.88 bits per heavy atom. The number of rotatable bonds is 3. The van der Waals surface area contributed by atoms with E-state index in [1.165, 1.54) is 4.90 Å². The first-order chi connectivity index (χ1) is 11.2. The van der Waals surface area contributed by atoms with Crippen molar-refractivity contribution in [2.24, 2.45) is 0 Å². The van der Waals surface area contributed by atoms with Gasteiger partial charge in [0, 0.05) is 18.8 Å². The lowest BCUT2D eigenvalue weighted by Crippen LogP contribution is -2.43. The predicted octanol–water partition coefficient (Wildman–Crippen LogP) is 2.33. The van der Waals surface area contributed by atoms with Gasteiger partial charge >= 0.3 is 6.09 Å². The van der Waals surface area contributed by atoms with E-state index < -0.39 is 11.7 Å². The number of fused-ring (bicyclic) bond motifs is 1. The number of carbonyl (C=O) groups is 2. The van der Waals surface area contributed by atoms with Crippen LogP contribution >= 0.6 is 0 Å². The minimum Gasteiger partial charge on any atom is -0.444 e. The summed E-state index contributed by atoms with van der Waals surface area (Å²) in [5.41, 5.74) is 1.24. The van der Waals surface area contributed by atoms with Crippen molar-refractivity contribution in [2.45, 2.75) is 32.9 Å². The fourth-order valence-electron chi connectivity index (χ4n) is 2.55. The van der Waals surface area contributed by atoms with Crippen molar-refractivity contribution >= 4 is 17.7 Å². The van der Waals surface area contributed by atoms with E-state index in [0.29, 0.717) is 13.1 Å². The van der Waals surface area contributed by atoms with Gasteiger partial charge in [-0.2, -0.15) is 0 Å². The third kappa shape index (κ3) is 4.71. The molecular weight excluding hydrogens is 306 g/mol. The summed E-state index contributed by atoms with van der Waals surface area (Å²) in [6.45, 7) is 7.20. The first-order valence-electron chi connectivity index (χ1n) is 8.18. The predicted molar refractivity (Wildman–Crippen MR) is 94.0 cm³/mol. The van der Waals surface area contributed by atoms with E-state index in [1.807, 2.05) is 64.0 Å². The summed E-state index contributed by atoms with van der Waals surface area (Å²) in [5, 5.41) is 0. The summed E-state index contributed by atoms with van der Waals surface area (Å²) >= 11 is 0. The molecule has 0 radical (unpaired) electrons. The van der Waals surface area contributed by atoms with Gasteiger partial charge < -0.3 is 14.5 Å². The van der Waals surface area contributed by atoms with E-state index in [0.717, 1.165) is 17.8 Å². The number of carbonyl (C=O) groups excluding carboxylic acids is 2. The second kappa shape index (κ2) is 7.21. The summed E-state index contributed by atoms with van der Waals surface area (Å²) in [6, 6.07) is 7.72. The van der Waals surface area contributed by atoms with Crippen molar-refractivity contribution in [3.05, 3.63) is 29.8 Å². The minimum absolute atomic E-state index is 0.0248. The van der Waals surface area contributed by atoms with E-state index in [2.05, 4.69) is 0 Å². The monoisotopic (exact) mass is 333 g/mol. The van der Waals surface area contributed by atoms with E-state index in [-0.39, 0.29) is 12.5 Å². The van der Waals surface area contributed by atoms with Crippen molar-refractivity contribution in [1.29, 1.82) is 0 Å². The number of hydrogen-bond acceptors (Lipinski definition) is 4. The zero-order valence-electron chi connectivity index (χ0n) is 15.2. The van der Waals surface area contributed by atoms with Gasteiger partial charge in [0.25, 0.3) is 0 Å². The molecule has 2 rings (SSSR count). The molecule has 0 N–H and O–H groups in total. The molecule has 0 unspecified atom stereocenters. The molecule has 0 bridgehead atoms. The number of benzene rings is 1. The van der Waals surface area contributed by atoms with Gasteiger partial charge in [-0.1, -0.05) is 18.2 Å². The van der Waals surface area contributed by atoms with Crippen LogP contribution in [0.15, 0.2) is 24.3 Å². The maximum absolute atomic E-state index is 12.7. The van der Waals surface area contributed by atoms with Crippen LogP contribution in [0.3, 0.4) is 0 Å². The zero-order valence-corrected chi connectivity index (χ0v) is 15.2. The summed E-state index contributed by atoms with van der Waals surface area (Å²) < 4.78 is 5.44. The highest BCUT2D eigenvalue weighted by Crippen LogP contribution is 2.26. The molecule has 2 amide bonds. The van der Waals surface area contributed by atoms with Gasteiger partial charge in [-0.15, -0.1) is 0 Å². The maximum Gasteiger partial charge on any atom is 0.411 e. The van der Waals surface area contributed by atoms with Crippen LogP contribution in [-0.2, 0) is 16.1 Å². The number of hydrogen-bond donors (Lipinski definition) is 0. The van der Waals surface area contributed by atoms with E-state index in [4.69, 9.17) is 4.74 Å². The molecule has 24 heavy (non-hydrogen) atoms. The van der Waals surface area contributed by atoms with Crippen molar-refractivity contribution in [3.8, 4) is 0 Å². The number of para-hydroxylation sites is 1. The van der Waals surface area contributed by atoms with Gasteiger partial charge in [-0.05, 0) is 46.5 Å². The second-order valence-electron chi connectivity index (χ2n) is 7.31. The third-order valence-corrected chi connectivity index (χ3v) is 3.69. The van der Waals surface area contributed by atoms with E-state index >= 15 is 0 Å². The minimum atomic E-state index is -0.587. The Labute approximate surface area is 144 Å². The molecule has 0 saturated carbocycles. The second-order valence-corrected chi connectivity index (χ2v) is 7.31. The Morgan fingerprint density at radius 3 is 2.50 bits per heavy atom. The van der Waals surface area contributed by atoms with Gasteiger partial charge in [0.2, 0.25) is 5.91 Å². The van der Waals surface area contributed by atoms with Crippen LogP contribution < -0.4 is 4.90 Å². The lowest BCUT2D eigenvalue weighted by molar-refractivity contribution is -0.119. The summed E-state index contributed by atoms with van der Waals surface area (Å²) in [7, 11) is 3.95. The number of ether oxygens (including phenoxy) is 1. The summed E-state index contributed by atoms with van der Waals surface area (Å²) in [4.78, 5) is 30.4. The fraction of sp³-hybridized carbons (Fsp3) is 0.556. The molecule has 6 heteroatoms. The molecule has 1 aliphatic heterocycles. The maximum atomic E-state index is 12.7. The van der Waals surface area contributed by atoms with Crippen LogP contribution in [0.1, 0.15) is 26.3 Å². The number of likely N-dealkylation sites (N-methyl/N-ethyl adjacent to an activating group) is 1. The first kappa shape index (κ1) is 18.3. The van der Waals surface area contributed by atoms with Crippen molar-refractivity contribution in [3.63, 3.8) is 0 Å². The Kier molecular flexibility index (Phi) is 5.49. The molecule has 132 valence electrons. The SMILES string of the molecule is CN(C)CCN1C(=O)CN(C(=O)OC(C)(C)C)Cc2ccccc21. The molecule has 1 aromatic rings. The quantitative estimate of drug-likeness (QED) is 0.852. The third-order valence-electron chi connectivity index (χ3n) is 3.69. The molecular formula is C18H27N3O3. The summed E-state index contributed by atoms with van der Waals surface area (Å²) in [6.07, 6.45) is -0.458. The van der Waals surface area contributed by atoms with Crippen molar-refractivity contribution in [2.75, 3.05) is 38.6 Å². The Hall–Kier alpha value is -2.08. The van der Waals surface area contributed by atoms with E-state index in [1.54, 1.807) is 4.90 Å². The molecule has 0 atom stereocenters. The molecule has 0 saturated heterocycles. The Morgan fingerprint density at radius 1 is 1.21 bits per heavy atom. The molecule has 0 fully saturated rings. The standard InChI is InChI=1S/C18H27N3O3/c1-18(2,3)24-17(23)20-12-14-8-6-7-9-15(14)21(16(22)13-20)11-10-19(4)5/h6-9H,10-13H2,1-5H3. The first-order valence-corrected chi connectivity index (χ1v) is 8.18. The molecule has 0 aliphatic carbocycles. The molecule has 1 heterocycles. The van der Waals surface area contributed by atoms with Gasteiger partial charge in [-0.25, -0.2) is 4.79 Å². The fourth-order valence-corrected chi connectivity index (χ4v) is 2.55. The molecule has 1 aliphatic rings. The largest absolute Gasteiger partial charge is 0.444 e. The van der Waals surface area contributed by atoms with Crippen LogP contribution in [0.5, 0.6) is 0 Å². The average molecular weight is 333 g/mol. The number of nitrogens with zero attached hydrogens (tertiary/aromatic N) is 3. The van der Waals surface area contributed by atoms with Gasteiger partial charge in [0.05, 0.1) is 6.54 Å². The molecule has 6 nitrogen and oxygen atoms in total. The Balaban J connectivity index is 2.26. The van der Waals surface area contributed by atoms with Crippen LogP contribution in [0.4, 0.5) is 10.5 Å². The topological polar surface area (TPSA) is 53.1 Å². The highest BCUT2D eigenvalue weighted by atomic mass is 16.6. The number of anilines is 1. The molecule has 1 aromatic carbocycles. The lowest BCUT2D eigenvalue weighted by atomic mass is 10.1. The normalized spacial score (nSPS) is 15.3. The van der Waals surface area contributed by atoms with Crippen LogP contribution in [-0.4, -0.2) is 61.1 Å². The van der Waals surface area contributed by atoms with Crippen molar-refractivity contribution in [1.82, 2.24) is 9.80 Å². The van der Waals surface area contributed by atoms with Gasteiger partial charge in [0.15, 0.2) is 0 Å². The number of amides is 2. The van der Waals surface area contributed by atoms with Crippen LogP contribution in [0, 0.1) is 0 Å². The molecule has 0 spiro atoms. The lowest BCUT2D eigenvalue weighted by Gasteiger charge is -2.26. The highest BCUT2D eigenvalue weighted by molar-refractivity contribution is 5.97. The van der Waals surface area contributed by atoms with Crippen LogP contribution in [0.2, 0.25) is 0 Å². The smallest absolute Gasteiger partial charge is 0.411 e. The van der Waals surface area contributed by atoms with Crippen LogP contribution in [0.25, 0.3) is 0 Å². The zero-order chi connectivity index (χ0) is 17.9.